The SMILES string of the molecule is O=C(N/N=C\c1ccc(-c2ccc(Cl)cc2Cl)o1)c1ccccc1. The number of nitrogens with zero attached hydrogens (tertiary/aromatic N) is 1. The van der Waals surface area contributed by atoms with Gasteiger partial charge in [-0.05, 0) is 42.5 Å². The zero-order chi connectivity index (χ0) is 16.9. The molecule has 0 saturated heterocycles. The first kappa shape index (κ1) is 16.3. The lowest BCUT2D eigenvalue weighted by atomic mass is 10.2. The second-order valence-corrected chi connectivity index (χ2v) is 5.73. The number of amides is 1. The van der Waals surface area contributed by atoms with Gasteiger partial charge in [0.25, 0.3) is 5.91 Å². The summed E-state index contributed by atoms with van der Waals surface area (Å²) < 4.78 is 5.65. The van der Waals surface area contributed by atoms with Gasteiger partial charge in [0, 0.05) is 16.1 Å². The maximum absolute atomic E-state index is 11.9. The summed E-state index contributed by atoms with van der Waals surface area (Å²) in [5.74, 6) is 0.788. The highest BCUT2D eigenvalue weighted by molar-refractivity contribution is 6.36. The van der Waals surface area contributed by atoms with Gasteiger partial charge in [-0.1, -0.05) is 41.4 Å². The highest BCUT2D eigenvalue weighted by atomic mass is 35.5. The Morgan fingerprint density at radius 1 is 1.04 bits per heavy atom. The number of hydrogen-bond acceptors (Lipinski definition) is 3. The molecule has 0 saturated carbocycles. The van der Waals surface area contributed by atoms with Crippen LogP contribution < -0.4 is 5.43 Å². The quantitative estimate of drug-likeness (QED) is 0.525. The molecule has 0 aliphatic heterocycles. The fraction of sp³-hybridized carbons (Fsp3) is 0. The van der Waals surface area contributed by atoms with E-state index in [-0.39, 0.29) is 5.91 Å². The Bertz CT molecular complexity index is 889. The van der Waals surface area contributed by atoms with Crippen molar-refractivity contribution in [2.45, 2.75) is 0 Å². The van der Waals surface area contributed by atoms with Gasteiger partial charge in [-0.3, -0.25) is 4.79 Å². The molecule has 6 heteroatoms. The Balaban J connectivity index is 1.69. The van der Waals surface area contributed by atoms with E-state index >= 15 is 0 Å². The van der Waals surface area contributed by atoms with Gasteiger partial charge in [-0.2, -0.15) is 5.10 Å². The molecule has 0 atom stereocenters. The Kier molecular flexibility index (Phi) is 4.99. The molecular formula is C18H12Cl2N2O2. The third-order valence-corrected chi connectivity index (χ3v) is 3.77. The molecule has 0 bridgehead atoms. The van der Waals surface area contributed by atoms with E-state index in [9.17, 15) is 4.79 Å². The monoisotopic (exact) mass is 358 g/mol. The zero-order valence-corrected chi connectivity index (χ0v) is 13.9. The van der Waals surface area contributed by atoms with Crippen molar-refractivity contribution in [3.8, 4) is 11.3 Å². The standard InChI is InChI=1S/C18H12Cl2N2O2/c19-13-6-8-15(16(20)10-13)17-9-7-14(24-17)11-21-22-18(23)12-4-2-1-3-5-12/h1-11H,(H,22,23)/b21-11-. The maximum atomic E-state index is 11.9. The van der Waals surface area contributed by atoms with Crippen LogP contribution in [0, 0.1) is 0 Å². The van der Waals surface area contributed by atoms with Crippen molar-refractivity contribution in [1.82, 2.24) is 5.43 Å². The topological polar surface area (TPSA) is 54.6 Å². The second kappa shape index (κ2) is 7.34. The molecule has 3 rings (SSSR count). The number of nitrogens with one attached hydrogen (secondary N) is 1. The zero-order valence-electron chi connectivity index (χ0n) is 12.4. The summed E-state index contributed by atoms with van der Waals surface area (Å²) in [6.45, 7) is 0. The fourth-order valence-corrected chi connectivity index (χ4v) is 2.57. The van der Waals surface area contributed by atoms with Gasteiger partial charge >= 0.3 is 0 Å². The van der Waals surface area contributed by atoms with Gasteiger partial charge in [0.15, 0.2) is 0 Å². The van der Waals surface area contributed by atoms with Gasteiger partial charge < -0.3 is 4.42 Å². The van der Waals surface area contributed by atoms with Crippen LogP contribution in [0.2, 0.25) is 10.0 Å². The number of carbonyl (C=O) groups excluding carboxylic acids is 1. The lowest BCUT2D eigenvalue weighted by Gasteiger charge is -2.00. The first-order valence-corrected chi connectivity index (χ1v) is 7.83. The number of hydrazone groups is 1. The van der Waals surface area contributed by atoms with Gasteiger partial charge in [0.2, 0.25) is 0 Å². The molecule has 0 aliphatic carbocycles. The lowest BCUT2D eigenvalue weighted by molar-refractivity contribution is 0.0955. The van der Waals surface area contributed by atoms with Crippen LogP contribution in [0.1, 0.15) is 16.1 Å². The Morgan fingerprint density at radius 3 is 2.58 bits per heavy atom. The van der Waals surface area contributed by atoms with E-state index in [0.717, 1.165) is 5.56 Å². The molecular weight excluding hydrogens is 347 g/mol. The summed E-state index contributed by atoms with van der Waals surface area (Å²) >= 11 is 12.0. The van der Waals surface area contributed by atoms with Gasteiger partial charge in [-0.25, -0.2) is 5.43 Å². The van der Waals surface area contributed by atoms with Gasteiger partial charge in [0.1, 0.15) is 11.5 Å². The van der Waals surface area contributed by atoms with Crippen LogP contribution >= 0.6 is 23.2 Å². The summed E-state index contributed by atoms with van der Waals surface area (Å²) in [5, 5.41) is 4.94. The molecule has 1 aromatic heterocycles. The molecule has 24 heavy (non-hydrogen) atoms. The molecule has 1 N–H and O–H groups in total. The fourth-order valence-electron chi connectivity index (χ4n) is 2.06. The van der Waals surface area contributed by atoms with E-state index in [1.165, 1.54) is 6.21 Å². The average Bonchev–Trinajstić information content (AvgIpc) is 3.04. The van der Waals surface area contributed by atoms with Crippen molar-refractivity contribution < 1.29 is 9.21 Å². The van der Waals surface area contributed by atoms with Crippen molar-refractivity contribution in [2.24, 2.45) is 5.10 Å². The van der Waals surface area contributed by atoms with Crippen molar-refractivity contribution in [3.63, 3.8) is 0 Å². The number of furan rings is 1. The molecule has 3 aromatic rings. The van der Waals surface area contributed by atoms with Crippen molar-refractivity contribution in [2.75, 3.05) is 0 Å². The van der Waals surface area contributed by atoms with E-state index < -0.39 is 0 Å². The predicted molar refractivity (Wildman–Crippen MR) is 95.7 cm³/mol. The third kappa shape index (κ3) is 3.85. The molecule has 0 unspecified atom stereocenters. The minimum absolute atomic E-state index is 0.292. The summed E-state index contributed by atoms with van der Waals surface area (Å²) in [7, 11) is 0. The smallest absolute Gasteiger partial charge is 0.271 e. The minimum atomic E-state index is -0.292. The number of halogens is 2. The van der Waals surface area contributed by atoms with Gasteiger partial charge in [-0.15, -0.1) is 0 Å². The summed E-state index contributed by atoms with van der Waals surface area (Å²) in [4.78, 5) is 11.9. The summed E-state index contributed by atoms with van der Waals surface area (Å²) in [6.07, 6.45) is 1.42. The number of rotatable bonds is 4. The molecule has 0 radical (unpaired) electrons. The van der Waals surface area contributed by atoms with Crippen molar-refractivity contribution >= 4 is 35.3 Å². The summed E-state index contributed by atoms with van der Waals surface area (Å²) in [5.41, 5.74) is 3.70. The lowest BCUT2D eigenvalue weighted by Crippen LogP contribution is -2.17. The highest BCUT2D eigenvalue weighted by Gasteiger charge is 2.08. The summed E-state index contributed by atoms with van der Waals surface area (Å²) in [6, 6.07) is 17.5. The van der Waals surface area contributed by atoms with E-state index in [1.807, 2.05) is 6.07 Å². The number of benzene rings is 2. The molecule has 1 amide bonds. The normalized spacial score (nSPS) is 10.9. The largest absolute Gasteiger partial charge is 0.455 e. The first-order valence-electron chi connectivity index (χ1n) is 7.07. The average molecular weight is 359 g/mol. The number of hydrogen-bond donors (Lipinski definition) is 1. The van der Waals surface area contributed by atoms with Crippen LogP contribution in [0.3, 0.4) is 0 Å². The van der Waals surface area contributed by atoms with E-state index in [0.29, 0.717) is 27.1 Å². The number of carbonyl (C=O) groups is 1. The van der Waals surface area contributed by atoms with E-state index in [1.54, 1.807) is 54.6 Å². The van der Waals surface area contributed by atoms with Crippen molar-refractivity contribution in [1.29, 1.82) is 0 Å². The van der Waals surface area contributed by atoms with Crippen LogP contribution in [0.5, 0.6) is 0 Å². The second-order valence-electron chi connectivity index (χ2n) is 4.89. The van der Waals surface area contributed by atoms with Crippen molar-refractivity contribution in [3.05, 3.63) is 82.0 Å². The van der Waals surface area contributed by atoms with Crippen LogP contribution in [0.25, 0.3) is 11.3 Å². The van der Waals surface area contributed by atoms with Crippen LogP contribution in [-0.4, -0.2) is 12.1 Å². The van der Waals surface area contributed by atoms with E-state index in [4.69, 9.17) is 27.6 Å². The maximum Gasteiger partial charge on any atom is 0.271 e. The van der Waals surface area contributed by atoms with Gasteiger partial charge in [0.05, 0.1) is 11.2 Å². The molecule has 4 nitrogen and oxygen atoms in total. The van der Waals surface area contributed by atoms with Crippen LogP contribution in [-0.2, 0) is 0 Å². The Hall–Kier alpha value is -2.56. The Morgan fingerprint density at radius 2 is 1.83 bits per heavy atom. The predicted octanol–water partition coefficient (Wildman–Crippen LogP) is 5.02. The Labute approximate surface area is 148 Å². The molecule has 0 aliphatic rings. The molecule has 0 fully saturated rings. The van der Waals surface area contributed by atoms with Crippen LogP contribution in [0.4, 0.5) is 0 Å². The third-order valence-electron chi connectivity index (χ3n) is 3.22. The first-order chi connectivity index (χ1) is 11.6. The van der Waals surface area contributed by atoms with Crippen LogP contribution in [0.15, 0.2) is 70.2 Å². The highest BCUT2D eigenvalue weighted by Crippen LogP contribution is 2.31. The molecule has 0 spiro atoms. The minimum Gasteiger partial charge on any atom is -0.455 e. The molecule has 120 valence electrons. The molecule has 2 aromatic carbocycles. The van der Waals surface area contributed by atoms with E-state index in [2.05, 4.69) is 10.5 Å². The molecule has 1 heterocycles.